The number of fused-ring (bicyclic) bond motifs is 1. The van der Waals surface area contributed by atoms with E-state index in [1.54, 1.807) is 24.3 Å². The van der Waals surface area contributed by atoms with Crippen LogP contribution in [0, 0.1) is 17.2 Å². The molecule has 3 amide bonds. The first-order valence-corrected chi connectivity index (χ1v) is 8.67. The third kappa shape index (κ3) is 3.01. The second-order valence-electron chi connectivity index (χ2n) is 7.00. The Labute approximate surface area is 160 Å². The number of aliphatic carboxylic acids is 1. The third-order valence-corrected chi connectivity index (χ3v) is 5.45. The first-order valence-electron chi connectivity index (χ1n) is 8.67. The first-order chi connectivity index (χ1) is 13.1. The Morgan fingerprint density at radius 3 is 2.18 bits per heavy atom. The summed E-state index contributed by atoms with van der Waals surface area (Å²) in [5.74, 6) is -4.90. The number of likely N-dealkylation sites (tertiary alicyclic amines) is 2. The predicted octanol–water partition coefficient (Wildman–Crippen LogP) is -1.11. The zero-order valence-corrected chi connectivity index (χ0v) is 15.2. The van der Waals surface area contributed by atoms with Gasteiger partial charge in [0.15, 0.2) is 0 Å². The van der Waals surface area contributed by atoms with Crippen molar-refractivity contribution in [1.82, 2.24) is 9.80 Å². The van der Waals surface area contributed by atoms with Crippen LogP contribution >= 0.6 is 0 Å². The minimum absolute atomic E-state index is 0.00268. The summed E-state index contributed by atoms with van der Waals surface area (Å²) in [5, 5.41) is 17.3. The molecule has 2 heterocycles. The fourth-order valence-electron chi connectivity index (χ4n) is 4.18. The minimum atomic E-state index is -1.25. The van der Waals surface area contributed by atoms with Crippen LogP contribution in [-0.2, 0) is 19.2 Å². The average Bonchev–Trinajstić information content (AvgIpc) is 3.08. The maximum atomic E-state index is 12.7. The van der Waals surface area contributed by atoms with E-state index >= 15 is 0 Å². The van der Waals surface area contributed by atoms with Crippen molar-refractivity contribution >= 4 is 29.5 Å². The van der Waals surface area contributed by atoms with E-state index in [0.29, 0.717) is 11.1 Å². The summed E-state index contributed by atoms with van der Waals surface area (Å²) >= 11 is 0. The number of hydrogen-bond donors (Lipinski definition) is 4. The van der Waals surface area contributed by atoms with Gasteiger partial charge in [0.1, 0.15) is 11.9 Å². The number of carboxylic acid groups (broad SMARTS) is 1. The van der Waals surface area contributed by atoms with Crippen molar-refractivity contribution in [3.63, 3.8) is 0 Å². The summed E-state index contributed by atoms with van der Waals surface area (Å²) in [7, 11) is 1.34. The Balaban J connectivity index is 2.09. The molecule has 4 atom stereocenters. The van der Waals surface area contributed by atoms with Crippen molar-refractivity contribution in [1.29, 1.82) is 5.41 Å². The number of hydrogen-bond acceptors (Lipinski definition) is 6. The molecule has 4 unspecified atom stereocenters. The smallest absolute Gasteiger partial charge is 0.321 e. The van der Waals surface area contributed by atoms with Crippen molar-refractivity contribution in [3.05, 3.63) is 35.4 Å². The summed E-state index contributed by atoms with van der Waals surface area (Å²) in [5.41, 5.74) is 11.8. The van der Waals surface area contributed by atoms with Gasteiger partial charge in [0.25, 0.3) is 0 Å². The lowest BCUT2D eigenvalue weighted by atomic mass is 9.86. The maximum Gasteiger partial charge on any atom is 0.321 e. The largest absolute Gasteiger partial charge is 0.480 e. The summed E-state index contributed by atoms with van der Waals surface area (Å²) in [6.07, 6.45) is -0.108. The van der Waals surface area contributed by atoms with Crippen LogP contribution in [0.1, 0.15) is 23.6 Å². The molecule has 28 heavy (non-hydrogen) atoms. The van der Waals surface area contributed by atoms with Gasteiger partial charge in [0, 0.05) is 31.6 Å². The molecule has 2 fully saturated rings. The topological polar surface area (TPSA) is 171 Å². The number of amidine groups is 1. The van der Waals surface area contributed by atoms with Crippen LogP contribution in [-0.4, -0.2) is 64.1 Å². The molecule has 0 bridgehead atoms. The van der Waals surface area contributed by atoms with Crippen LogP contribution in [0.25, 0.3) is 0 Å². The molecule has 3 rings (SSSR count). The highest BCUT2D eigenvalue weighted by atomic mass is 16.4. The SMILES string of the molecule is CN1C(=O)C2C(C1=O)C(c1ccc(C(=N)N)cc1)N(CCC(N)=O)C2C(=O)O. The highest BCUT2D eigenvalue weighted by molar-refractivity contribution is 6.08. The molecule has 0 spiro atoms. The molecule has 10 nitrogen and oxygen atoms in total. The number of benzene rings is 1. The van der Waals surface area contributed by atoms with Crippen LogP contribution in [0.3, 0.4) is 0 Å². The monoisotopic (exact) mass is 387 g/mol. The fraction of sp³-hybridized carbons (Fsp3) is 0.389. The number of nitrogen functional groups attached to an aromatic ring is 1. The van der Waals surface area contributed by atoms with E-state index in [9.17, 15) is 24.3 Å². The number of carboxylic acids is 1. The quantitative estimate of drug-likeness (QED) is 0.272. The molecule has 10 heteroatoms. The molecule has 2 aliphatic rings. The number of nitrogens with two attached hydrogens (primary N) is 2. The summed E-state index contributed by atoms with van der Waals surface area (Å²) in [6, 6.07) is 4.53. The number of primary amides is 1. The summed E-state index contributed by atoms with van der Waals surface area (Å²) < 4.78 is 0. The molecule has 1 aromatic carbocycles. The molecule has 0 aromatic heterocycles. The maximum absolute atomic E-state index is 12.7. The van der Waals surface area contributed by atoms with Crippen molar-refractivity contribution in [2.75, 3.05) is 13.6 Å². The zero-order valence-electron chi connectivity index (χ0n) is 15.2. The number of nitrogens with one attached hydrogen (secondary N) is 1. The van der Waals surface area contributed by atoms with Gasteiger partial charge >= 0.3 is 5.97 Å². The van der Waals surface area contributed by atoms with Gasteiger partial charge in [-0.1, -0.05) is 24.3 Å². The highest BCUT2D eigenvalue weighted by Crippen LogP contribution is 2.49. The van der Waals surface area contributed by atoms with Crippen LogP contribution < -0.4 is 11.5 Å². The second kappa shape index (κ2) is 7.04. The molecule has 6 N–H and O–H groups in total. The molecule has 2 saturated heterocycles. The highest BCUT2D eigenvalue weighted by Gasteiger charge is 2.63. The standard InChI is InChI=1S/C18H21N5O5/c1-22-16(25)11-12(17(22)26)14(18(27)28)23(7-6-10(19)24)13(11)8-2-4-9(5-3-8)15(20)21/h2-5,11-14H,6-7H2,1H3,(H2,19,24)(H3,20,21)(H,27,28). The molecular formula is C18H21N5O5. The number of nitrogens with zero attached hydrogens (tertiary/aromatic N) is 2. The van der Waals surface area contributed by atoms with Crippen molar-refractivity contribution in [2.24, 2.45) is 23.3 Å². The normalized spacial score (nSPS) is 27.1. The second-order valence-corrected chi connectivity index (χ2v) is 7.00. The number of imide groups is 1. The summed E-state index contributed by atoms with van der Waals surface area (Å²) in [6.45, 7) is 0.00268. The molecule has 148 valence electrons. The van der Waals surface area contributed by atoms with E-state index in [4.69, 9.17) is 16.9 Å². The van der Waals surface area contributed by atoms with Crippen molar-refractivity contribution in [2.45, 2.75) is 18.5 Å². The van der Waals surface area contributed by atoms with Gasteiger partial charge in [-0.05, 0) is 5.56 Å². The summed E-state index contributed by atoms with van der Waals surface area (Å²) in [4.78, 5) is 51.1. The molecule has 0 radical (unpaired) electrons. The average molecular weight is 387 g/mol. The van der Waals surface area contributed by atoms with Gasteiger partial charge < -0.3 is 16.6 Å². The van der Waals surface area contributed by atoms with Gasteiger partial charge in [-0.2, -0.15) is 0 Å². The van der Waals surface area contributed by atoms with E-state index in [1.807, 2.05) is 0 Å². The van der Waals surface area contributed by atoms with E-state index in [0.717, 1.165) is 4.90 Å². The van der Waals surface area contributed by atoms with E-state index < -0.39 is 47.6 Å². The van der Waals surface area contributed by atoms with Gasteiger partial charge in [-0.3, -0.25) is 34.4 Å². The molecule has 2 aliphatic heterocycles. The molecular weight excluding hydrogens is 366 g/mol. The van der Waals surface area contributed by atoms with E-state index in [1.165, 1.54) is 11.9 Å². The molecule has 0 aliphatic carbocycles. The van der Waals surface area contributed by atoms with Gasteiger partial charge in [0.2, 0.25) is 17.7 Å². The van der Waals surface area contributed by atoms with Crippen LogP contribution in [0.15, 0.2) is 24.3 Å². The molecule has 1 aromatic rings. The Kier molecular flexibility index (Phi) is 4.90. The van der Waals surface area contributed by atoms with Crippen LogP contribution in [0.2, 0.25) is 0 Å². The Morgan fingerprint density at radius 1 is 1.11 bits per heavy atom. The lowest BCUT2D eigenvalue weighted by Crippen LogP contribution is -2.45. The Bertz CT molecular complexity index is 868. The van der Waals surface area contributed by atoms with E-state index in [-0.39, 0.29) is 18.8 Å². The lowest BCUT2D eigenvalue weighted by molar-refractivity contribution is -0.149. The Morgan fingerprint density at radius 2 is 1.68 bits per heavy atom. The molecule has 0 saturated carbocycles. The number of amides is 3. The van der Waals surface area contributed by atoms with Gasteiger partial charge in [0.05, 0.1) is 11.8 Å². The third-order valence-electron chi connectivity index (χ3n) is 5.45. The number of carbonyl (C=O) groups excluding carboxylic acids is 3. The number of carbonyl (C=O) groups is 4. The predicted molar refractivity (Wildman–Crippen MR) is 96.9 cm³/mol. The van der Waals surface area contributed by atoms with Crippen molar-refractivity contribution < 1.29 is 24.3 Å². The van der Waals surface area contributed by atoms with E-state index in [2.05, 4.69) is 0 Å². The Hall–Kier alpha value is -3.27. The fourth-order valence-corrected chi connectivity index (χ4v) is 4.18. The lowest BCUT2D eigenvalue weighted by Gasteiger charge is -2.31. The minimum Gasteiger partial charge on any atom is -0.480 e. The zero-order chi connectivity index (χ0) is 20.7. The van der Waals surface area contributed by atoms with Crippen LogP contribution in [0.5, 0.6) is 0 Å². The van der Waals surface area contributed by atoms with Gasteiger partial charge in [-0.15, -0.1) is 0 Å². The van der Waals surface area contributed by atoms with Gasteiger partial charge in [-0.25, -0.2) is 0 Å². The number of rotatable bonds is 6. The van der Waals surface area contributed by atoms with Crippen LogP contribution in [0.4, 0.5) is 0 Å². The first kappa shape index (κ1) is 19.5. The van der Waals surface area contributed by atoms with Crippen molar-refractivity contribution in [3.8, 4) is 0 Å².